The summed E-state index contributed by atoms with van der Waals surface area (Å²) in [4.78, 5) is 15.4. The Kier molecular flexibility index (Phi) is 7.01. The number of carbonyl (C=O) groups excluding carboxylic acids is 1. The van der Waals surface area contributed by atoms with Gasteiger partial charge in [-0.15, -0.1) is 0 Å². The van der Waals surface area contributed by atoms with Crippen LogP contribution in [0.2, 0.25) is 5.02 Å². The Morgan fingerprint density at radius 2 is 1.78 bits per heavy atom. The average molecular weight is 464 g/mol. The van der Waals surface area contributed by atoms with E-state index in [2.05, 4.69) is 10.4 Å². The Hall–Kier alpha value is -2.98. The zero-order valence-electron chi connectivity index (χ0n) is 17.6. The second-order valence-electron chi connectivity index (χ2n) is 7.52. The average Bonchev–Trinajstić information content (AvgIpc) is 2.80. The molecule has 0 N–H and O–H groups in total. The van der Waals surface area contributed by atoms with E-state index in [1.165, 1.54) is 0 Å². The molecule has 0 saturated carbocycles. The molecule has 4 rings (SSSR count). The number of carbonyl (C=O) groups is 1. The Labute approximate surface area is 197 Å². The molecule has 1 aliphatic heterocycles. The summed E-state index contributed by atoms with van der Waals surface area (Å²) in [6, 6.07) is 22.5. The molecule has 3 aromatic carbocycles. The standard InChI is InChI=1S/C25H22ClN3O2S/c1-18-13-21(26)16-22(14-18)31-23-8-7-19(17-27)15-24(23)32-29-11-9-28(10-12-29)25(30)20-5-3-2-4-6-20/h2-8,13-16H,9-12H2,1H3. The molecule has 1 saturated heterocycles. The molecule has 0 radical (unpaired) electrons. The minimum absolute atomic E-state index is 0.0575. The number of halogens is 1. The van der Waals surface area contributed by atoms with E-state index in [4.69, 9.17) is 16.3 Å². The first kappa shape index (κ1) is 22.2. The van der Waals surface area contributed by atoms with Gasteiger partial charge >= 0.3 is 0 Å². The first-order valence-electron chi connectivity index (χ1n) is 10.3. The first-order valence-corrected chi connectivity index (χ1v) is 11.4. The SMILES string of the molecule is Cc1cc(Cl)cc(Oc2ccc(C#N)cc2SN2CCN(C(=O)c3ccccc3)CC2)c1. The highest BCUT2D eigenvalue weighted by Gasteiger charge is 2.23. The fourth-order valence-electron chi connectivity index (χ4n) is 3.51. The van der Waals surface area contributed by atoms with Gasteiger partial charge in [0.25, 0.3) is 5.91 Å². The van der Waals surface area contributed by atoms with E-state index in [0.29, 0.717) is 40.7 Å². The third-order valence-electron chi connectivity index (χ3n) is 5.09. The van der Waals surface area contributed by atoms with Gasteiger partial charge in [-0.25, -0.2) is 4.31 Å². The first-order chi connectivity index (χ1) is 15.5. The number of aryl methyl sites for hydroxylation is 1. The lowest BCUT2D eigenvalue weighted by atomic mass is 10.2. The largest absolute Gasteiger partial charge is 0.456 e. The highest BCUT2D eigenvalue weighted by Crippen LogP contribution is 2.37. The lowest BCUT2D eigenvalue weighted by Gasteiger charge is -2.34. The highest BCUT2D eigenvalue weighted by molar-refractivity contribution is 7.97. The Balaban J connectivity index is 1.46. The zero-order valence-corrected chi connectivity index (χ0v) is 19.2. The third kappa shape index (κ3) is 5.43. The van der Waals surface area contributed by atoms with Crippen LogP contribution in [0.15, 0.2) is 71.6 Å². The maximum atomic E-state index is 12.7. The summed E-state index contributed by atoms with van der Waals surface area (Å²) in [5.74, 6) is 1.38. The van der Waals surface area contributed by atoms with Crippen molar-refractivity contribution in [2.75, 3.05) is 26.2 Å². The smallest absolute Gasteiger partial charge is 0.253 e. The summed E-state index contributed by atoms with van der Waals surface area (Å²) in [5, 5.41) is 9.96. The van der Waals surface area contributed by atoms with Gasteiger partial charge in [-0.3, -0.25) is 4.79 Å². The van der Waals surface area contributed by atoms with Gasteiger partial charge in [-0.05, 0) is 73.0 Å². The number of ether oxygens (including phenoxy) is 1. The number of piperazine rings is 1. The number of amides is 1. The second kappa shape index (κ2) is 10.1. The molecule has 1 fully saturated rings. The van der Waals surface area contributed by atoms with Crippen molar-refractivity contribution >= 4 is 29.5 Å². The van der Waals surface area contributed by atoms with E-state index in [0.717, 1.165) is 23.5 Å². The maximum Gasteiger partial charge on any atom is 0.253 e. The molecule has 3 aromatic rings. The number of hydrogen-bond acceptors (Lipinski definition) is 5. The molecule has 32 heavy (non-hydrogen) atoms. The van der Waals surface area contributed by atoms with Crippen molar-refractivity contribution in [2.45, 2.75) is 11.8 Å². The van der Waals surface area contributed by atoms with Crippen LogP contribution in [0.3, 0.4) is 0 Å². The number of rotatable bonds is 5. The Morgan fingerprint density at radius 1 is 1.03 bits per heavy atom. The quantitative estimate of drug-likeness (QED) is 0.449. The molecule has 0 atom stereocenters. The van der Waals surface area contributed by atoms with Crippen LogP contribution in [0.25, 0.3) is 0 Å². The van der Waals surface area contributed by atoms with Crippen LogP contribution in [0, 0.1) is 18.3 Å². The molecule has 0 bridgehead atoms. The van der Waals surface area contributed by atoms with Crippen molar-refractivity contribution in [2.24, 2.45) is 0 Å². The minimum atomic E-state index is 0.0575. The van der Waals surface area contributed by atoms with Crippen LogP contribution in [0.1, 0.15) is 21.5 Å². The second-order valence-corrected chi connectivity index (χ2v) is 9.09. The molecule has 0 aromatic heterocycles. The minimum Gasteiger partial charge on any atom is -0.456 e. The van der Waals surface area contributed by atoms with E-state index in [9.17, 15) is 10.1 Å². The lowest BCUT2D eigenvalue weighted by Crippen LogP contribution is -2.46. The van der Waals surface area contributed by atoms with E-state index in [1.807, 2.05) is 66.4 Å². The van der Waals surface area contributed by atoms with Crippen molar-refractivity contribution < 1.29 is 9.53 Å². The Morgan fingerprint density at radius 3 is 2.47 bits per heavy atom. The molecule has 1 amide bonds. The van der Waals surface area contributed by atoms with Crippen molar-refractivity contribution in [1.29, 1.82) is 5.26 Å². The summed E-state index contributed by atoms with van der Waals surface area (Å²) < 4.78 is 8.32. The molecular formula is C25H22ClN3O2S. The van der Waals surface area contributed by atoms with E-state index >= 15 is 0 Å². The van der Waals surface area contributed by atoms with Crippen LogP contribution in [0.4, 0.5) is 0 Å². The molecule has 162 valence electrons. The van der Waals surface area contributed by atoms with E-state index in [-0.39, 0.29) is 5.91 Å². The molecule has 7 heteroatoms. The zero-order chi connectivity index (χ0) is 22.5. The summed E-state index contributed by atoms with van der Waals surface area (Å²) in [5.41, 5.74) is 2.29. The monoisotopic (exact) mass is 463 g/mol. The number of nitriles is 1. The molecule has 5 nitrogen and oxygen atoms in total. The number of nitrogens with zero attached hydrogens (tertiary/aromatic N) is 3. The molecule has 0 unspecified atom stereocenters. The van der Waals surface area contributed by atoms with Crippen LogP contribution < -0.4 is 4.74 Å². The fraction of sp³-hybridized carbons (Fsp3) is 0.200. The van der Waals surface area contributed by atoms with Crippen LogP contribution >= 0.6 is 23.5 Å². The van der Waals surface area contributed by atoms with Gasteiger partial charge in [-0.2, -0.15) is 5.26 Å². The number of hydrogen-bond donors (Lipinski definition) is 0. The van der Waals surface area contributed by atoms with Crippen LogP contribution in [-0.4, -0.2) is 41.3 Å². The lowest BCUT2D eigenvalue weighted by molar-refractivity contribution is 0.0703. The molecular weight excluding hydrogens is 442 g/mol. The van der Waals surface area contributed by atoms with Gasteiger partial charge in [0, 0.05) is 36.8 Å². The summed E-state index contributed by atoms with van der Waals surface area (Å²) in [6.45, 7) is 4.68. The van der Waals surface area contributed by atoms with Crippen molar-refractivity contribution in [3.05, 3.63) is 88.4 Å². The van der Waals surface area contributed by atoms with Crippen molar-refractivity contribution in [1.82, 2.24) is 9.21 Å². The third-order valence-corrected chi connectivity index (χ3v) is 6.45. The van der Waals surface area contributed by atoms with Crippen LogP contribution in [-0.2, 0) is 0 Å². The molecule has 0 aliphatic carbocycles. The highest BCUT2D eigenvalue weighted by atomic mass is 35.5. The summed E-state index contributed by atoms with van der Waals surface area (Å²) in [7, 11) is 0. The van der Waals surface area contributed by atoms with E-state index in [1.54, 1.807) is 24.1 Å². The fourth-order valence-corrected chi connectivity index (χ4v) is 4.79. The maximum absolute atomic E-state index is 12.7. The number of benzene rings is 3. The van der Waals surface area contributed by atoms with Gasteiger partial charge < -0.3 is 9.64 Å². The van der Waals surface area contributed by atoms with Crippen LogP contribution in [0.5, 0.6) is 11.5 Å². The topological polar surface area (TPSA) is 56.6 Å². The summed E-state index contributed by atoms with van der Waals surface area (Å²) >= 11 is 7.72. The van der Waals surface area contributed by atoms with Gasteiger partial charge in [-0.1, -0.05) is 29.8 Å². The normalized spacial score (nSPS) is 14.1. The van der Waals surface area contributed by atoms with Gasteiger partial charge in [0.05, 0.1) is 16.5 Å². The van der Waals surface area contributed by atoms with Gasteiger partial charge in [0.15, 0.2) is 0 Å². The van der Waals surface area contributed by atoms with Crippen molar-refractivity contribution in [3.63, 3.8) is 0 Å². The Bertz CT molecular complexity index is 1140. The van der Waals surface area contributed by atoms with Gasteiger partial charge in [0.2, 0.25) is 0 Å². The predicted molar refractivity (Wildman–Crippen MR) is 127 cm³/mol. The summed E-state index contributed by atoms with van der Waals surface area (Å²) in [6.07, 6.45) is 0. The molecule has 1 aliphatic rings. The van der Waals surface area contributed by atoms with Crippen molar-refractivity contribution in [3.8, 4) is 17.6 Å². The molecule has 0 spiro atoms. The predicted octanol–water partition coefficient (Wildman–Crippen LogP) is 5.78. The van der Waals surface area contributed by atoms with Gasteiger partial charge in [0.1, 0.15) is 11.5 Å². The van der Waals surface area contributed by atoms with E-state index < -0.39 is 0 Å². The molecule has 1 heterocycles.